The van der Waals surface area contributed by atoms with Gasteiger partial charge in [0.15, 0.2) is 0 Å². The maximum atomic E-state index is 2.67. The van der Waals surface area contributed by atoms with E-state index in [-0.39, 0.29) is 0 Å². The van der Waals surface area contributed by atoms with Crippen molar-refractivity contribution in [2.45, 2.75) is 85.5 Å². The van der Waals surface area contributed by atoms with Crippen molar-refractivity contribution in [3.8, 4) is 0 Å². The molecule has 124 valence electrons. The predicted molar refractivity (Wildman–Crippen MR) is 94.6 cm³/mol. The lowest BCUT2D eigenvalue weighted by Gasteiger charge is -2.55. The summed E-state index contributed by atoms with van der Waals surface area (Å²) in [5.41, 5.74) is 3.12. The Hall–Kier alpha value is -0.260. The van der Waals surface area contributed by atoms with Crippen LogP contribution in [0.2, 0.25) is 0 Å². The summed E-state index contributed by atoms with van der Waals surface area (Å²) in [6.07, 6.45) is 16.0. The summed E-state index contributed by atoms with van der Waals surface area (Å²) >= 11 is 0. The summed E-state index contributed by atoms with van der Waals surface area (Å²) in [5.74, 6) is 5.13. The van der Waals surface area contributed by atoms with Crippen molar-refractivity contribution < 1.29 is 0 Å². The van der Waals surface area contributed by atoms with E-state index in [2.05, 4.69) is 33.8 Å². The van der Waals surface area contributed by atoms with E-state index in [0.29, 0.717) is 10.8 Å². The van der Waals surface area contributed by atoms with Gasteiger partial charge < -0.3 is 0 Å². The summed E-state index contributed by atoms with van der Waals surface area (Å²) in [5, 5.41) is 0. The Morgan fingerprint density at radius 3 is 2.64 bits per heavy atom. The van der Waals surface area contributed by atoms with E-state index in [1.54, 1.807) is 6.42 Å². The lowest BCUT2D eigenvalue weighted by atomic mass is 9.50. The van der Waals surface area contributed by atoms with Crippen LogP contribution in [0.1, 0.15) is 85.5 Å². The molecule has 0 N–H and O–H groups in total. The molecule has 0 aliphatic heterocycles. The van der Waals surface area contributed by atoms with Crippen LogP contribution >= 0.6 is 0 Å². The standard InChI is InChI=1S/C22H36/c1-5-16-7-9-20-18-8-6-15-10-12-21(2,3)14-19(15)17(18)11-13-22(16,20)4/h10,16-20H,5-9,11-14H2,1-4H3/t16-,17-,18+,19-,20-,22+/m0/s1. The molecule has 0 bridgehead atoms. The molecule has 0 aromatic heterocycles. The van der Waals surface area contributed by atoms with Gasteiger partial charge in [-0.05, 0) is 91.8 Å². The van der Waals surface area contributed by atoms with Gasteiger partial charge in [-0.2, -0.15) is 0 Å². The molecule has 0 unspecified atom stereocenters. The molecule has 4 aliphatic rings. The van der Waals surface area contributed by atoms with Crippen molar-refractivity contribution in [3.05, 3.63) is 11.6 Å². The lowest BCUT2D eigenvalue weighted by molar-refractivity contribution is -0.0289. The minimum absolute atomic E-state index is 0.554. The summed E-state index contributed by atoms with van der Waals surface area (Å²) < 4.78 is 0. The van der Waals surface area contributed by atoms with Crippen LogP contribution in [-0.2, 0) is 0 Å². The first-order chi connectivity index (χ1) is 10.4. The van der Waals surface area contributed by atoms with Crippen LogP contribution in [0.3, 0.4) is 0 Å². The molecule has 22 heavy (non-hydrogen) atoms. The molecule has 0 saturated heterocycles. The monoisotopic (exact) mass is 300 g/mol. The zero-order valence-electron chi connectivity index (χ0n) is 15.3. The van der Waals surface area contributed by atoms with Crippen molar-refractivity contribution in [1.82, 2.24) is 0 Å². The zero-order chi connectivity index (χ0) is 15.5. The molecule has 0 radical (unpaired) electrons. The molecule has 3 fully saturated rings. The highest BCUT2D eigenvalue weighted by Gasteiger charge is 2.55. The predicted octanol–water partition coefficient (Wildman–Crippen LogP) is 6.61. The number of hydrogen-bond donors (Lipinski definition) is 0. The molecule has 4 aliphatic carbocycles. The smallest absolute Gasteiger partial charge is 0.0167 e. The van der Waals surface area contributed by atoms with Gasteiger partial charge in [-0.1, -0.05) is 45.8 Å². The Labute approximate surface area is 138 Å². The molecule has 6 atom stereocenters. The van der Waals surface area contributed by atoms with Crippen LogP contribution in [0.15, 0.2) is 11.6 Å². The molecule has 0 heterocycles. The van der Waals surface area contributed by atoms with Crippen LogP contribution in [0.5, 0.6) is 0 Å². The largest absolute Gasteiger partial charge is 0.0845 e. The fourth-order valence-corrected chi connectivity index (χ4v) is 7.43. The molecule has 0 nitrogen and oxygen atoms in total. The van der Waals surface area contributed by atoms with Gasteiger partial charge in [0.2, 0.25) is 0 Å². The molecule has 0 spiro atoms. The molecular formula is C22H36. The summed E-state index contributed by atoms with van der Waals surface area (Å²) in [6.45, 7) is 10.1. The number of rotatable bonds is 1. The first kappa shape index (κ1) is 15.3. The molecule has 3 saturated carbocycles. The zero-order valence-corrected chi connectivity index (χ0v) is 15.3. The minimum Gasteiger partial charge on any atom is -0.0845 e. The van der Waals surface area contributed by atoms with Crippen molar-refractivity contribution in [1.29, 1.82) is 0 Å². The van der Waals surface area contributed by atoms with Crippen LogP contribution in [-0.4, -0.2) is 0 Å². The van der Waals surface area contributed by atoms with Gasteiger partial charge in [-0.3, -0.25) is 0 Å². The first-order valence-corrected chi connectivity index (χ1v) is 10.1. The Morgan fingerprint density at radius 1 is 1.05 bits per heavy atom. The normalized spacial score (nSPS) is 49.8. The number of fused-ring (bicyclic) bond motifs is 5. The summed E-state index contributed by atoms with van der Waals surface area (Å²) in [7, 11) is 0. The molecule has 0 aromatic carbocycles. The third-order valence-electron chi connectivity index (χ3n) is 8.63. The quantitative estimate of drug-likeness (QED) is 0.478. The highest BCUT2D eigenvalue weighted by atomic mass is 14.6. The maximum absolute atomic E-state index is 2.67. The Kier molecular flexibility index (Phi) is 3.55. The second-order valence-corrected chi connectivity index (χ2v) is 10.2. The van der Waals surface area contributed by atoms with Crippen molar-refractivity contribution in [3.63, 3.8) is 0 Å². The van der Waals surface area contributed by atoms with Crippen LogP contribution in [0.25, 0.3) is 0 Å². The minimum atomic E-state index is 0.554. The van der Waals surface area contributed by atoms with Gasteiger partial charge in [0.05, 0.1) is 0 Å². The Morgan fingerprint density at radius 2 is 1.86 bits per heavy atom. The van der Waals surface area contributed by atoms with Crippen molar-refractivity contribution in [2.75, 3.05) is 0 Å². The van der Waals surface area contributed by atoms with E-state index in [1.165, 1.54) is 51.4 Å². The average molecular weight is 301 g/mol. The second kappa shape index (κ2) is 5.12. The van der Waals surface area contributed by atoms with E-state index in [4.69, 9.17) is 0 Å². The summed E-state index contributed by atoms with van der Waals surface area (Å²) in [6, 6.07) is 0. The maximum Gasteiger partial charge on any atom is -0.0167 e. The van der Waals surface area contributed by atoms with Crippen LogP contribution in [0, 0.1) is 40.4 Å². The number of allylic oxidation sites excluding steroid dienone is 2. The van der Waals surface area contributed by atoms with Gasteiger partial charge in [0.1, 0.15) is 0 Å². The van der Waals surface area contributed by atoms with Crippen molar-refractivity contribution >= 4 is 0 Å². The molecule has 4 rings (SSSR count). The van der Waals surface area contributed by atoms with Gasteiger partial charge in [0, 0.05) is 0 Å². The third-order valence-corrected chi connectivity index (χ3v) is 8.63. The van der Waals surface area contributed by atoms with Gasteiger partial charge in [-0.25, -0.2) is 0 Å². The van der Waals surface area contributed by atoms with Gasteiger partial charge >= 0.3 is 0 Å². The molecular weight excluding hydrogens is 264 g/mol. The second-order valence-electron chi connectivity index (χ2n) is 10.2. The van der Waals surface area contributed by atoms with Gasteiger partial charge in [0.25, 0.3) is 0 Å². The molecule has 0 aromatic rings. The van der Waals surface area contributed by atoms with E-state index >= 15 is 0 Å². The Balaban J connectivity index is 1.61. The fraction of sp³-hybridized carbons (Fsp3) is 0.909. The number of hydrogen-bond acceptors (Lipinski definition) is 0. The highest BCUT2D eigenvalue weighted by molar-refractivity contribution is 5.20. The van der Waals surface area contributed by atoms with E-state index in [1.807, 2.05) is 5.57 Å². The van der Waals surface area contributed by atoms with Crippen molar-refractivity contribution in [2.24, 2.45) is 40.4 Å². The summed E-state index contributed by atoms with van der Waals surface area (Å²) in [4.78, 5) is 0. The SMILES string of the molecule is CC[C@H]1CC[C@H]2[C@@H]3CCC4=CCC(C)(C)C[C@@H]4[C@H]3CC[C@]12C. The molecule has 0 heteroatoms. The average Bonchev–Trinajstić information content (AvgIpc) is 2.82. The third kappa shape index (κ3) is 2.15. The first-order valence-electron chi connectivity index (χ1n) is 10.1. The topological polar surface area (TPSA) is 0 Å². The van der Waals surface area contributed by atoms with Crippen LogP contribution < -0.4 is 0 Å². The van der Waals surface area contributed by atoms with Crippen LogP contribution in [0.4, 0.5) is 0 Å². The molecule has 0 amide bonds. The Bertz CT molecular complexity index is 470. The lowest BCUT2D eigenvalue weighted by Crippen LogP contribution is -2.47. The highest BCUT2D eigenvalue weighted by Crippen LogP contribution is 2.64. The van der Waals surface area contributed by atoms with E-state index in [0.717, 1.165) is 29.6 Å². The fourth-order valence-electron chi connectivity index (χ4n) is 7.43. The van der Waals surface area contributed by atoms with E-state index < -0.39 is 0 Å². The van der Waals surface area contributed by atoms with E-state index in [9.17, 15) is 0 Å². The van der Waals surface area contributed by atoms with Gasteiger partial charge in [-0.15, -0.1) is 0 Å².